The summed E-state index contributed by atoms with van der Waals surface area (Å²) in [7, 11) is 1.44. The van der Waals surface area contributed by atoms with Gasteiger partial charge in [0.15, 0.2) is 0 Å². The SMILES string of the molecule is COC(=O)CCc1c(C)c2cc3nc(c(-c4ccccc4)c4nc(cc5[nH]c(cc1[nH]2)c(C)c5C)C(C)=C4C)CC3(C)C. The molecule has 0 fully saturated rings. The van der Waals surface area contributed by atoms with Crippen LogP contribution in [0.1, 0.15) is 79.1 Å². The Balaban J connectivity index is 1.78. The first-order chi connectivity index (χ1) is 20.5. The Hall–Kier alpha value is -4.45. The van der Waals surface area contributed by atoms with Crippen LogP contribution in [0.15, 0.2) is 48.5 Å². The highest BCUT2D eigenvalue weighted by Gasteiger charge is 2.32. The van der Waals surface area contributed by atoms with E-state index >= 15 is 0 Å². The number of allylic oxidation sites excluding steroid dienone is 2. The van der Waals surface area contributed by atoms with Crippen LogP contribution in [0.4, 0.5) is 0 Å². The van der Waals surface area contributed by atoms with Crippen LogP contribution in [-0.2, 0) is 27.8 Å². The van der Waals surface area contributed by atoms with Crippen molar-refractivity contribution in [3.8, 4) is 11.1 Å². The molecule has 6 nitrogen and oxygen atoms in total. The quantitative estimate of drug-likeness (QED) is 0.240. The molecule has 0 atom stereocenters. The van der Waals surface area contributed by atoms with Gasteiger partial charge in [-0.15, -0.1) is 0 Å². The summed E-state index contributed by atoms with van der Waals surface area (Å²) in [5.41, 5.74) is 17.1. The standard InChI is InChI=1S/C37H40N4O2/c1-20-21(2)28-17-31-26(14-15-34(42)43-8)24(5)30(39-31)18-33-37(6,7)19-32(40-33)35(25-12-10-9-11-13-25)36-23(4)22(3)29(41-36)16-27(20)38-28/h9-13,16-18,38-39H,14-15,19H2,1-8H3. The number of ether oxygens (including phenoxy) is 1. The largest absolute Gasteiger partial charge is 0.469 e. The molecule has 6 rings (SSSR count). The van der Waals surface area contributed by atoms with Crippen LogP contribution < -0.4 is 0 Å². The fraction of sp³-hybridized carbons (Fsp3) is 0.324. The minimum atomic E-state index is -0.212. The third-order valence-corrected chi connectivity index (χ3v) is 9.43. The lowest BCUT2D eigenvalue weighted by atomic mass is 9.85. The van der Waals surface area contributed by atoms with E-state index in [2.05, 4.69) is 107 Å². The highest BCUT2D eigenvalue weighted by molar-refractivity contribution is 5.96. The summed E-state index contributed by atoms with van der Waals surface area (Å²) in [6.45, 7) is 15.3. The molecule has 8 bridgehead atoms. The third-order valence-electron chi connectivity index (χ3n) is 9.43. The molecular weight excluding hydrogens is 532 g/mol. The van der Waals surface area contributed by atoms with Crippen molar-refractivity contribution in [2.75, 3.05) is 7.11 Å². The predicted molar refractivity (Wildman–Crippen MR) is 176 cm³/mol. The van der Waals surface area contributed by atoms with Gasteiger partial charge in [0.1, 0.15) is 0 Å². The van der Waals surface area contributed by atoms with E-state index in [9.17, 15) is 4.79 Å². The Morgan fingerprint density at radius 1 is 0.837 bits per heavy atom. The molecule has 6 heteroatoms. The van der Waals surface area contributed by atoms with Gasteiger partial charge in [-0.05, 0) is 98.2 Å². The topological polar surface area (TPSA) is 83.7 Å². The van der Waals surface area contributed by atoms with Gasteiger partial charge in [-0.1, -0.05) is 44.2 Å². The molecule has 2 aliphatic rings. The molecule has 0 aliphatic carbocycles. The summed E-state index contributed by atoms with van der Waals surface area (Å²) in [5.74, 6) is -0.212. The normalized spacial score (nSPS) is 14.3. The van der Waals surface area contributed by atoms with E-state index in [1.165, 1.54) is 29.4 Å². The van der Waals surface area contributed by atoms with Crippen molar-refractivity contribution < 1.29 is 9.53 Å². The molecule has 2 aliphatic heterocycles. The van der Waals surface area contributed by atoms with Gasteiger partial charge in [-0.25, -0.2) is 4.98 Å². The highest BCUT2D eigenvalue weighted by Crippen LogP contribution is 2.41. The molecule has 220 valence electrons. The molecule has 0 radical (unpaired) electrons. The van der Waals surface area contributed by atoms with Crippen molar-refractivity contribution in [2.24, 2.45) is 0 Å². The lowest BCUT2D eigenvalue weighted by molar-refractivity contribution is -0.140. The lowest BCUT2D eigenvalue weighted by Gasteiger charge is -2.17. The fourth-order valence-electron chi connectivity index (χ4n) is 6.34. The van der Waals surface area contributed by atoms with Gasteiger partial charge in [-0.2, -0.15) is 0 Å². The van der Waals surface area contributed by atoms with Crippen molar-refractivity contribution in [3.63, 3.8) is 0 Å². The van der Waals surface area contributed by atoms with E-state index in [0.717, 1.165) is 73.5 Å². The average molecular weight is 573 g/mol. The van der Waals surface area contributed by atoms with Gasteiger partial charge in [0, 0.05) is 51.6 Å². The smallest absolute Gasteiger partial charge is 0.305 e. The van der Waals surface area contributed by atoms with Crippen molar-refractivity contribution in [2.45, 2.75) is 73.1 Å². The van der Waals surface area contributed by atoms with Crippen LogP contribution in [0, 0.1) is 20.8 Å². The maximum Gasteiger partial charge on any atom is 0.305 e. The van der Waals surface area contributed by atoms with Crippen LogP contribution in [0.25, 0.3) is 44.3 Å². The van der Waals surface area contributed by atoms with Gasteiger partial charge < -0.3 is 14.7 Å². The van der Waals surface area contributed by atoms with Gasteiger partial charge in [0.05, 0.1) is 24.2 Å². The number of nitrogens with zero attached hydrogens (tertiary/aromatic N) is 2. The number of hydrogen-bond donors (Lipinski definition) is 2. The molecule has 2 N–H and O–H groups in total. The van der Waals surface area contributed by atoms with Crippen molar-refractivity contribution in [1.82, 2.24) is 19.9 Å². The number of benzene rings is 1. The number of esters is 1. The second-order valence-electron chi connectivity index (χ2n) is 12.6. The Bertz CT molecular complexity index is 1970. The van der Waals surface area contributed by atoms with Crippen LogP contribution in [0.3, 0.4) is 0 Å². The van der Waals surface area contributed by atoms with E-state index in [-0.39, 0.29) is 11.4 Å². The maximum atomic E-state index is 12.1. The van der Waals surface area contributed by atoms with Gasteiger partial charge in [0.2, 0.25) is 0 Å². The molecular formula is C37H40N4O2. The van der Waals surface area contributed by atoms with E-state index < -0.39 is 0 Å². The zero-order chi connectivity index (χ0) is 30.6. The predicted octanol–water partition coefficient (Wildman–Crippen LogP) is 8.48. The Morgan fingerprint density at radius 2 is 1.49 bits per heavy atom. The first-order valence-corrected chi connectivity index (χ1v) is 15.0. The number of carbonyl (C=O) groups excluding carboxylic acids is 1. The second-order valence-corrected chi connectivity index (χ2v) is 12.6. The van der Waals surface area contributed by atoms with Gasteiger partial charge >= 0.3 is 5.97 Å². The number of hydrogen-bond acceptors (Lipinski definition) is 4. The summed E-state index contributed by atoms with van der Waals surface area (Å²) in [6, 6.07) is 17.1. The summed E-state index contributed by atoms with van der Waals surface area (Å²) in [4.78, 5) is 30.1. The Morgan fingerprint density at radius 3 is 2.19 bits per heavy atom. The Kier molecular flexibility index (Phi) is 7.11. The summed E-state index contributed by atoms with van der Waals surface area (Å²) < 4.78 is 4.98. The number of carbonyl (C=O) groups is 1. The molecule has 4 aromatic rings. The summed E-state index contributed by atoms with van der Waals surface area (Å²) >= 11 is 0. The van der Waals surface area contributed by atoms with E-state index in [1.54, 1.807) is 0 Å². The van der Waals surface area contributed by atoms with Gasteiger partial charge in [-0.3, -0.25) is 9.78 Å². The number of methoxy groups -OCH3 is 1. The molecule has 1 aromatic carbocycles. The number of aromatic nitrogens is 4. The van der Waals surface area contributed by atoms with Crippen LogP contribution in [0.5, 0.6) is 0 Å². The molecule has 0 saturated heterocycles. The first-order valence-electron chi connectivity index (χ1n) is 15.0. The molecule has 0 spiro atoms. The number of rotatable bonds is 4. The summed E-state index contributed by atoms with van der Waals surface area (Å²) in [6.07, 6.45) is 1.71. The Labute approximate surface area is 253 Å². The number of nitrogens with one attached hydrogen (secondary N) is 2. The number of aryl methyl sites for hydroxylation is 4. The lowest BCUT2D eigenvalue weighted by Crippen LogP contribution is -2.15. The monoisotopic (exact) mass is 572 g/mol. The summed E-state index contributed by atoms with van der Waals surface area (Å²) in [5, 5.41) is 0. The first kappa shape index (κ1) is 28.7. The van der Waals surface area contributed by atoms with Gasteiger partial charge in [0.25, 0.3) is 0 Å². The van der Waals surface area contributed by atoms with E-state index in [1.807, 2.05) is 0 Å². The van der Waals surface area contributed by atoms with Crippen molar-refractivity contribution in [3.05, 3.63) is 93.6 Å². The second kappa shape index (κ2) is 10.7. The van der Waals surface area contributed by atoms with Crippen LogP contribution in [0.2, 0.25) is 0 Å². The minimum absolute atomic E-state index is 0.177. The van der Waals surface area contributed by atoms with Crippen LogP contribution >= 0.6 is 0 Å². The zero-order valence-electron chi connectivity index (χ0n) is 26.5. The maximum absolute atomic E-state index is 12.1. The highest BCUT2D eigenvalue weighted by atomic mass is 16.5. The molecule has 0 unspecified atom stereocenters. The van der Waals surface area contributed by atoms with E-state index in [4.69, 9.17) is 14.7 Å². The zero-order valence-corrected chi connectivity index (χ0v) is 26.5. The fourth-order valence-corrected chi connectivity index (χ4v) is 6.34. The van der Waals surface area contributed by atoms with Crippen molar-refractivity contribution >= 4 is 39.2 Å². The minimum Gasteiger partial charge on any atom is -0.469 e. The molecule has 5 heterocycles. The average Bonchev–Trinajstić information content (AvgIpc) is 3.63. The molecule has 43 heavy (non-hydrogen) atoms. The molecule has 0 saturated carbocycles. The molecule has 3 aromatic heterocycles. The van der Waals surface area contributed by atoms with E-state index in [0.29, 0.717) is 12.8 Å². The molecule has 0 amide bonds. The third kappa shape index (κ3) is 4.99. The number of H-pyrrole nitrogens is 2. The van der Waals surface area contributed by atoms with Crippen LogP contribution in [-0.4, -0.2) is 33.0 Å². The number of fused-ring (bicyclic) bond motifs is 8. The number of aromatic amines is 2. The van der Waals surface area contributed by atoms with Crippen molar-refractivity contribution in [1.29, 1.82) is 0 Å².